The maximum absolute atomic E-state index is 12.1. The first-order valence-corrected chi connectivity index (χ1v) is 6.29. The quantitative estimate of drug-likeness (QED) is 0.835. The Morgan fingerprint density at radius 1 is 1.42 bits per heavy atom. The van der Waals surface area contributed by atoms with Gasteiger partial charge in [0.05, 0.1) is 6.54 Å². The number of hydrogen-bond donors (Lipinski definition) is 2. The molecule has 1 rings (SSSR count). The van der Waals surface area contributed by atoms with E-state index in [1.165, 1.54) is 4.90 Å². The third-order valence-electron chi connectivity index (χ3n) is 2.38. The van der Waals surface area contributed by atoms with Gasteiger partial charge in [-0.15, -0.1) is 0 Å². The number of nitrogens with zero attached hydrogens (tertiary/aromatic N) is 1. The van der Waals surface area contributed by atoms with E-state index in [1.807, 2.05) is 13.8 Å². The summed E-state index contributed by atoms with van der Waals surface area (Å²) in [5.41, 5.74) is 0.477. The topological polar surface area (TPSA) is 69.6 Å². The van der Waals surface area contributed by atoms with Crippen LogP contribution in [0.5, 0.6) is 0 Å². The highest BCUT2D eigenvalue weighted by Gasteiger charge is 2.18. The van der Waals surface area contributed by atoms with Crippen LogP contribution in [-0.4, -0.2) is 36.1 Å². The van der Waals surface area contributed by atoms with Gasteiger partial charge in [0.2, 0.25) is 5.91 Å². The van der Waals surface area contributed by atoms with Crippen molar-refractivity contribution in [3.8, 4) is 0 Å². The molecular weight excluding hydrogens is 268 g/mol. The van der Waals surface area contributed by atoms with Gasteiger partial charge in [0.25, 0.3) is 0 Å². The number of carboxylic acid groups (broad SMARTS) is 1. The van der Waals surface area contributed by atoms with E-state index >= 15 is 0 Å². The zero-order valence-corrected chi connectivity index (χ0v) is 11.6. The largest absolute Gasteiger partial charge is 0.480 e. The Labute approximate surface area is 117 Å². The van der Waals surface area contributed by atoms with Crippen LogP contribution in [0.15, 0.2) is 24.3 Å². The molecule has 1 amide bonds. The van der Waals surface area contributed by atoms with Crippen LogP contribution < -0.4 is 10.2 Å². The zero-order chi connectivity index (χ0) is 14.4. The Balaban J connectivity index is 2.88. The standard InChI is InChI=1S/C13H17ClN2O3/c1-9(2)15-7-12(17)16(8-13(18)19)11-5-3-4-10(14)6-11/h3-6,9,15H,7-8H2,1-2H3,(H,18,19). The van der Waals surface area contributed by atoms with Crippen molar-refractivity contribution in [2.45, 2.75) is 19.9 Å². The van der Waals surface area contributed by atoms with Gasteiger partial charge in [0, 0.05) is 16.8 Å². The van der Waals surface area contributed by atoms with Gasteiger partial charge in [-0.25, -0.2) is 0 Å². The van der Waals surface area contributed by atoms with E-state index in [1.54, 1.807) is 24.3 Å². The van der Waals surface area contributed by atoms with Crippen LogP contribution in [0.2, 0.25) is 5.02 Å². The van der Waals surface area contributed by atoms with E-state index in [0.717, 1.165) is 0 Å². The molecule has 0 aliphatic rings. The SMILES string of the molecule is CC(C)NCC(=O)N(CC(=O)O)c1cccc(Cl)c1. The van der Waals surface area contributed by atoms with Crippen LogP contribution in [0, 0.1) is 0 Å². The molecule has 0 radical (unpaired) electrons. The summed E-state index contributed by atoms with van der Waals surface area (Å²) in [4.78, 5) is 24.1. The first-order valence-electron chi connectivity index (χ1n) is 5.91. The van der Waals surface area contributed by atoms with Crippen molar-refractivity contribution in [1.29, 1.82) is 0 Å². The lowest BCUT2D eigenvalue weighted by molar-refractivity contribution is -0.136. The molecule has 1 aromatic rings. The maximum Gasteiger partial charge on any atom is 0.323 e. The van der Waals surface area contributed by atoms with E-state index in [4.69, 9.17) is 16.7 Å². The summed E-state index contributed by atoms with van der Waals surface area (Å²) in [7, 11) is 0. The van der Waals surface area contributed by atoms with E-state index in [9.17, 15) is 9.59 Å². The Morgan fingerprint density at radius 3 is 2.63 bits per heavy atom. The Bertz CT molecular complexity index is 463. The van der Waals surface area contributed by atoms with Gasteiger partial charge < -0.3 is 15.3 Å². The highest BCUT2D eigenvalue weighted by molar-refractivity contribution is 6.30. The lowest BCUT2D eigenvalue weighted by atomic mass is 10.2. The minimum absolute atomic E-state index is 0.0808. The normalized spacial score (nSPS) is 10.5. The minimum atomic E-state index is -1.07. The first-order chi connectivity index (χ1) is 8.90. The lowest BCUT2D eigenvalue weighted by Gasteiger charge is -2.22. The molecule has 2 N–H and O–H groups in total. The van der Waals surface area contributed by atoms with Crippen molar-refractivity contribution in [2.24, 2.45) is 0 Å². The number of amides is 1. The molecule has 1 aromatic carbocycles. The predicted molar refractivity (Wildman–Crippen MR) is 74.6 cm³/mol. The van der Waals surface area contributed by atoms with Gasteiger partial charge in [-0.3, -0.25) is 9.59 Å². The third-order valence-corrected chi connectivity index (χ3v) is 2.61. The molecule has 0 heterocycles. The average Bonchev–Trinajstić information content (AvgIpc) is 2.32. The van der Waals surface area contributed by atoms with E-state index in [-0.39, 0.29) is 25.0 Å². The summed E-state index contributed by atoms with van der Waals surface area (Å²) >= 11 is 5.86. The molecule has 0 spiro atoms. The summed E-state index contributed by atoms with van der Waals surface area (Å²) in [5.74, 6) is -1.38. The molecule has 0 saturated heterocycles. The van der Waals surface area contributed by atoms with Crippen LogP contribution in [0.4, 0.5) is 5.69 Å². The van der Waals surface area contributed by atoms with Gasteiger partial charge in [0.1, 0.15) is 6.54 Å². The fourth-order valence-electron chi connectivity index (χ4n) is 1.49. The fraction of sp³-hybridized carbons (Fsp3) is 0.385. The van der Waals surface area contributed by atoms with Crippen LogP contribution in [0.1, 0.15) is 13.8 Å². The fourth-order valence-corrected chi connectivity index (χ4v) is 1.67. The third kappa shape index (κ3) is 5.28. The number of halogens is 1. The summed E-state index contributed by atoms with van der Waals surface area (Å²) in [6, 6.07) is 6.71. The number of aliphatic carboxylic acids is 1. The molecule has 0 aliphatic carbocycles. The number of anilines is 1. The smallest absolute Gasteiger partial charge is 0.323 e. The van der Waals surface area contributed by atoms with Gasteiger partial charge >= 0.3 is 5.97 Å². The van der Waals surface area contributed by atoms with E-state index < -0.39 is 5.97 Å². The molecule has 0 saturated carbocycles. The second-order valence-corrected chi connectivity index (χ2v) is 4.83. The summed E-state index contributed by atoms with van der Waals surface area (Å²) in [6.45, 7) is 3.51. The lowest BCUT2D eigenvalue weighted by Crippen LogP contribution is -2.42. The molecule has 0 unspecified atom stereocenters. The second kappa shape index (κ2) is 7.11. The van der Waals surface area contributed by atoms with Gasteiger partial charge in [0.15, 0.2) is 0 Å². The van der Waals surface area contributed by atoms with Crippen LogP contribution in [0.3, 0.4) is 0 Å². The van der Waals surface area contributed by atoms with Gasteiger partial charge in [-0.2, -0.15) is 0 Å². The van der Waals surface area contributed by atoms with Crippen molar-refractivity contribution in [2.75, 3.05) is 18.0 Å². The minimum Gasteiger partial charge on any atom is -0.480 e. The Hall–Kier alpha value is -1.59. The molecule has 0 bridgehead atoms. The Kier molecular flexibility index (Phi) is 5.79. The van der Waals surface area contributed by atoms with Crippen LogP contribution in [0.25, 0.3) is 0 Å². The van der Waals surface area contributed by atoms with Crippen molar-refractivity contribution in [3.63, 3.8) is 0 Å². The number of hydrogen-bond acceptors (Lipinski definition) is 3. The number of nitrogens with one attached hydrogen (secondary N) is 1. The predicted octanol–water partition coefficient (Wildman–Crippen LogP) is 1.76. The van der Waals surface area contributed by atoms with E-state index in [2.05, 4.69) is 5.32 Å². The second-order valence-electron chi connectivity index (χ2n) is 4.39. The molecule has 19 heavy (non-hydrogen) atoms. The van der Waals surface area contributed by atoms with Crippen molar-refractivity contribution < 1.29 is 14.7 Å². The zero-order valence-electron chi connectivity index (χ0n) is 10.9. The maximum atomic E-state index is 12.1. The average molecular weight is 285 g/mol. The molecule has 5 nitrogen and oxygen atoms in total. The van der Waals surface area contributed by atoms with Crippen molar-refractivity contribution >= 4 is 29.2 Å². The molecule has 0 fully saturated rings. The summed E-state index contributed by atoms with van der Waals surface area (Å²) in [5, 5.41) is 12.3. The molecule has 0 aromatic heterocycles. The van der Waals surface area contributed by atoms with Crippen molar-refractivity contribution in [3.05, 3.63) is 29.3 Å². The monoisotopic (exact) mass is 284 g/mol. The molecular formula is C13H17ClN2O3. The number of benzene rings is 1. The molecule has 104 valence electrons. The first kappa shape index (κ1) is 15.5. The number of rotatable bonds is 6. The Morgan fingerprint density at radius 2 is 2.11 bits per heavy atom. The van der Waals surface area contributed by atoms with Crippen LogP contribution in [-0.2, 0) is 9.59 Å². The number of carboxylic acids is 1. The highest BCUT2D eigenvalue weighted by Crippen LogP contribution is 2.19. The molecule has 0 aliphatic heterocycles. The summed E-state index contributed by atoms with van der Waals surface area (Å²) < 4.78 is 0. The van der Waals surface area contributed by atoms with Crippen LogP contribution >= 0.6 is 11.6 Å². The molecule has 6 heteroatoms. The number of carbonyl (C=O) groups excluding carboxylic acids is 1. The highest BCUT2D eigenvalue weighted by atomic mass is 35.5. The van der Waals surface area contributed by atoms with Gasteiger partial charge in [-0.1, -0.05) is 31.5 Å². The van der Waals surface area contributed by atoms with Crippen molar-refractivity contribution in [1.82, 2.24) is 5.32 Å². The van der Waals surface area contributed by atoms with E-state index in [0.29, 0.717) is 10.7 Å². The number of carbonyl (C=O) groups is 2. The summed E-state index contributed by atoms with van der Waals surface area (Å²) in [6.07, 6.45) is 0. The molecule has 0 atom stereocenters. The van der Waals surface area contributed by atoms with Gasteiger partial charge in [-0.05, 0) is 18.2 Å².